The quantitative estimate of drug-likeness (QED) is 0.332. The van der Waals surface area contributed by atoms with Gasteiger partial charge in [-0.1, -0.05) is 53.5 Å². The molecule has 0 saturated heterocycles. The van der Waals surface area contributed by atoms with Gasteiger partial charge >= 0.3 is 0 Å². The van der Waals surface area contributed by atoms with Crippen molar-refractivity contribution in [1.82, 2.24) is 9.88 Å². The highest BCUT2D eigenvalue weighted by Crippen LogP contribution is 2.34. The van der Waals surface area contributed by atoms with E-state index in [0.29, 0.717) is 16.3 Å². The third-order valence-electron chi connectivity index (χ3n) is 5.83. The number of carbonyl (C=O) groups excluding carboxylic acids is 3. The van der Waals surface area contributed by atoms with Gasteiger partial charge in [0.15, 0.2) is 0 Å². The van der Waals surface area contributed by atoms with Gasteiger partial charge in [0.05, 0.1) is 21.8 Å². The summed E-state index contributed by atoms with van der Waals surface area (Å²) in [7, 11) is 0. The minimum atomic E-state index is -0.575. The third kappa shape index (κ3) is 4.39. The molecular formula is C27H19Cl2N3O4. The summed E-state index contributed by atoms with van der Waals surface area (Å²) >= 11 is 13.0. The molecule has 1 N–H and O–H groups in total. The maximum Gasteiger partial charge on any atom is 0.262 e. The van der Waals surface area contributed by atoms with E-state index in [1.807, 2.05) is 37.3 Å². The van der Waals surface area contributed by atoms with Crippen LogP contribution in [0, 0.1) is 6.92 Å². The molecule has 2 heterocycles. The smallest absolute Gasteiger partial charge is 0.262 e. The Hall–Kier alpha value is -3.94. The number of nitrogens with zero attached hydrogens (tertiary/aromatic N) is 2. The zero-order chi connectivity index (χ0) is 25.4. The standard InChI is InChI=1S/C27H19Cl2N3O4/c1-15-9-10-16-5-4-8-22(25(16)30-15)36-14-19-20(28)11-12-21(24(19)29)31-23(33)13-32-26(34)17-6-2-3-7-18(17)27(32)35/h2-12H,13-14H2,1H3,(H,31,33). The highest BCUT2D eigenvalue weighted by Gasteiger charge is 2.36. The Morgan fingerprint density at radius 1 is 0.944 bits per heavy atom. The van der Waals surface area contributed by atoms with Crippen molar-refractivity contribution in [2.24, 2.45) is 0 Å². The number of para-hydroxylation sites is 1. The van der Waals surface area contributed by atoms with Crippen LogP contribution in [0.2, 0.25) is 10.0 Å². The number of hydrogen-bond acceptors (Lipinski definition) is 5. The fraction of sp³-hybridized carbons (Fsp3) is 0.111. The fourth-order valence-electron chi connectivity index (χ4n) is 4.03. The van der Waals surface area contributed by atoms with E-state index in [1.54, 1.807) is 36.4 Å². The van der Waals surface area contributed by atoms with E-state index >= 15 is 0 Å². The van der Waals surface area contributed by atoms with Gasteiger partial charge in [-0.15, -0.1) is 0 Å². The van der Waals surface area contributed by atoms with Gasteiger partial charge < -0.3 is 10.1 Å². The monoisotopic (exact) mass is 519 g/mol. The van der Waals surface area contributed by atoms with Crippen LogP contribution in [0.15, 0.2) is 66.7 Å². The Balaban J connectivity index is 1.32. The summed E-state index contributed by atoms with van der Waals surface area (Å²) in [5.74, 6) is -1.03. The molecule has 0 atom stereocenters. The Bertz CT molecular complexity index is 1520. The zero-order valence-electron chi connectivity index (χ0n) is 19.0. The SMILES string of the molecule is Cc1ccc2cccc(OCc3c(Cl)ccc(NC(=O)CN4C(=O)c5ccccc5C4=O)c3Cl)c2n1. The number of ether oxygens (including phenoxy) is 1. The van der Waals surface area contributed by atoms with E-state index in [2.05, 4.69) is 10.3 Å². The molecule has 9 heteroatoms. The molecule has 1 aliphatic heterocycles. The van der Waals surface area contributed by atoms with E-state index in [0.717, 1.165) is 21.5 Å². The van der Waals surface area contributed by atoms with Gasteiger partial charge in [-0.2, -0.15) is 0 Å². The van der Waals surface area contributed by atoms with E-state index in [1.165, 1.54) is 0 Å². The second kappa shape index (κ2) is 9.60. The number of aromatic nitrogens is 1. The van der Waals surface area contributed by atoms with Crippen molar-refractivity contribution < 1.29 is 19.1 Å². The van der Waals surface area contributed by atoms with Gasteiger partial charge in [0.25, 0.3) is 11.8 Å². The summed E-state index contributed by atoms with van der Waals surface area (Å²) in [6.45, 7) is 1.49. The number of carbonyl (C=O) groups is 3. The molecule has 5 rings (SSSR count). The van der Waals surface area contributed by atoms with Crippen LogP contribution in [0.4, 0.5) is 5.69 Å². The lowest BCUT2D eigenvalue weighted by atomic mass is 10.1. The molecule has 0 radical (unpaired) electrons. The molecule has 4 aromatic rings. The predicted octanol–water partition coefficient (Wildman–Crippen LogP) is 5.66. The van der Waals surface area contributed by atoms with Crippen LogP contribution < -0.4 is 10.1 Å². The molecule has 0 bridgehead atoms. The minimum Gasteiger partial charge on any atom is -0.487 e. The fourth-order valence-corrected chi connectivity index (χ4v) is 4.55. The van der Waals surface area contributed by atoms with Gasteiger partial charge in [0.2, 0.25) is 5.91 Å². The first kappa shape index (κ1) is 23.8. The Labute approximate surface area is 216 Å². The number of benzene rings is 3. The van der Waals surface area contributed by atoms with Crippen LogP contribution in [0.5, 0.6) is 5.75 Å². The first-order valence-corrected chi connectivity index (χ1v) is 11.8. The second-order valence-electron chi connectivity index (χ2n) is 8.25. The molecule has 36 heavy (non-hydrogen) atoms. The Morgan fingerprint density at radius 3 is 2.39 bits per heavy atom. The Morgan fingerprint density at radius 2 is 1.67 bits per heavy atom. The number of pyridine rings is 1. The minimum absolute atomic E-state index is 0.0362. The molecule has 0 saturated carbocycles. The van der Waals surface area contributed by atoms with Crippen molar-refractivity contribution in [2.45, 2.75) is 13.5 Å². The van der Waals surface area contributed by atoms with Gasteiger partial charge in [-0.05, 0) is 43.3 Å². The number of imide groups is 1. The van der Waals surface area contributed by atoms with E-state index in [-0.39, 0.29) is 28.4 Å². The number of aryl methyl sites for hydroxylation is 1. The lowest BCUT2D eigenvalue weighted by molar-refractivity contribution is -0.116. The molecule has 0 fully saturated rings. The van der Waals surface area contributed by atoms with E-state index in [9.17, 15) is 14.4 Å². The third-order valence-corrected chi connectivity index (χ3v) is 6.62. The highest BCUT2D eigenvalue weighted by atomic mass is 35.5. The number of hydrogen-bond donors (Lipinski definition) is 1. The highest BCUT2D eigenvalue weighted by molar-refractivity contribution is 6.38. The summed E-state index contributed by atoms with van der Waals surface area (Å²) in [4.78, 5) is 43.3. The van der Waals surface area contributed by atoms with Crippen molar-refractivity contribution >= 4 is 57.5 Å². The normalized spacial score (nSPS) is 12.7. The maximum atomic E-state index is 12.7. The number of amides is 3. The molecule has 1 aliphatic rings. The van der Waals surface area contributed by atoms with Crippen molar-refractivity contribution in [2.75, 3.05) is 11.9 Å². The van der Waals surface area contributed by atoms with Crippen LogP contribution in [0.3, 0.4) is 0 Å². The molecule has 0 aliphatic carbocycles. The number of halogens is 2. The summed E-state index contributed by atoms with van der Waals surface area (Å²) in [5, 5.41) is 4.16. The number of anilines is 1. The largest absolute Gasteiger partial charge is 0.487 e. The van der Waals surface area contributed by atoms with Gasteiger partial charge in [-0.3, -0.25) is 19.3 Å². The van der Waals surface area contributed by atoms with Crippen LogP contribution >= 0.6 is 23.2 Å². The molecule has 3 aromatic carbocycles. The van der Waals surface area contributed by atoms with Crippen LogP contribution in [0.1, 0.15) is 32.0 Å². The molecule has 0 unspecified atom stereocenters. The summed E-state index contributed by atoms with van der Waals surface area (Å²) in [6.07, 6.45) is 0. The molecule has 1 aromatic heterocycles. The lowest BCUT2D eigenvalue weighted by Crippen LogP contribution is -2.37. The molecule has 3 amide bonds. The summed E-state index contributed by atoms with van der Waals surface area (Å²) < 4.78 is 6.01. The average Bonchev–Trinajstić information content (AvgIpc) is 3.10. The Kier molecular flexibility index (Phi) is 6.35. The van der Waals surface area contributed by atoms with E-state index in [4.69, 9.17) is 27.9 Å². The molecular weight excluding hydrogens is 501 g/mol. The van der Waals surface area contributed by atoms with Gasteiger partial charge in [-0.25, -0.2) is 4.98 Å². The number of rotatable bonds is 6. The van der Waals surface area contributed by atoms with Crippen molar-refractivity contribution in [3.05, 3.63) is 99.2 Å². The zero-order valence-corrected chi connectivity index (χ0v) is 20.6. The summed E-state index contributed by atoms with van der Waals surface area (Å²) in [6, 6.07) is 19.1. The van der Waals surface area contributed by atoms with Crippen molar-refractivity contribution in [1.29, 1.82) is 0 Å². The predicted molar refractivity (Wildman–Crippen MR) is 138 cm³/mol. The average molecular weight is 520 g/mol. The van der Waals surface area contributed by atoms with Gasteiger partial charge in [0.1, 0.15) is 24.4 Å². The van der Waals surface area contributed by atoms with Crippen LogP contribution in [0.25, 0.3) is 10.9 Å². The molecule has 0 spiro atoms. The van der Waals surface area contributed by atoms with Crippen LogP contribution in [-0.4, -0.2) is 34.2 Å². The first-order chi connectivity index (χ1) is 17.3. The first-order valence-electron chi connectivity index (χ1n) is 11.0. The van der Waals surface area contributed by atoms with E-state index < -0.39 is 24.3 Å². The number of nitrogens with one attached hydrogen (secondary N) is 1. The van der Waals surface area contributed by atoms with Gasteiger partial charge in [0, 0.05) is 21.7 Å². The molecule has 180 valence electrons. The molecule has 7 nitrogen and oxygen atoms in total. The van der Waals surface area contributed by atoms with Crippen molar-refractivity contribution in [3.8, 4) is 5.75 Å². The topological polar surface area (TPSA) is 88.6 Å². The van der Waals surface area contributed by atoms with Crippen LogP contribution in [-0.2, 0) is 11.4 Å². The van der Waals surface area contributed by atoms with Crippen molar-refractivity contribution in [3.63, 3.8) is 0 Å². The lowest BCUT2D eigenvalue weighted by Gasteiger charge is -2.16. The summed E-state index contributed by atoms with van der Waals surface area (Å²) in [5.41, 5.74) is 2.89. The number of fused-ring (bicyclic) bond motifs is 2. The second-order valence-corrected chi connectivity index (χ2v) is 9.03. The maximum absolute atomic E-state index is 12.7.